The standard InChI is InChI=1S/C48H28F6N4O3/c1-59-31-13-19-43-41(23-31)57(42-24-32(60-2)14-20-44(42)61-43)40-18-15-35(33-9-5-3-7-27(33)25-55)46(45(40)34-10-6-4-8-28(34)26-56)58-38-16-11-29(47(49,50)51)21-36(38)37-22-30(48(52,53)54)12-17-39(37)58/h3-24H,1-2H3. The molecule has 0 spiro atoms. The molecule has 0 fully saturated rings. The van der Waals surface area contributed by atoms with E-state index in [9.17, 15) is 36.9 Å². The van der Waals surface area contributed by atoms with Gasteiger partial charge in [-0.05, 0) is 78.9 Å². The van der Waals surface area contributed by atoms with Crippen molar-refractivity contribution in [1.29, 1.82) is 10.5 Å². The molecule has 300 valence electrons. The van der Waals surface area contributed by atoms with Crippen LogP contribution in [0.1, 0.15) is 22.3 Å². The van der Waals surface area contributed by atoms with Crippen LogP contribution < -0.4 is 19.1 Å². The highest BCUT2D eigenvalue weighted by Gasteiger charge is 2.36. The number of rotatable bonds is 6. The van der Waals surface area contributed by atoms with Crippen LogP contribution in [-0.4, -0.2) is 18.8 Å². The van der Waals surface area contributed by atoms with Crippen molar-refractivity contribution in [2.75, 3.05) is 19.1 Å². The van der Waals surface area contributed by atoms with E-state index in [-0.39, 0.29) is 38.6 Å². The summed E-state index contributed by atoms with van der Waals surface area (Å²) in [6.45, 7) is 0. The van der Waals surface area contributed by atoms with Gasteiger partial charge < -0.3 is 23.7 Å². The summed E-state index contributed by atoms with van der Waals surface area (Å²) >= 11 is 0. The number of alkyl halides is 6. The third-order valence-corrected chi connectivity index (χ3v) is 10.7. The van der Waals surface area contributed by atoms with Gasteiger partial charge in [-0.3, -0.25) is 0 Å². The third kappa shape index (κ3) is 6.39. The first-order valence-electron chi connectivity index (χ1n) is 18.6. The van der Waals surface area contributed by atoms with Crippen molar-refractivity contribution in [2.45, 2.75) is 12.4 Å². The number of benzene rings is 7. The maximum Gasteiger partial charge on any atom is 0.416 e. The first-order chi connectivity index (χ1) is 29.3. The van der Waals surface area contributed by atoms with E-state index >= 15 is 0 Å². The van der Waals surface area contributed by atoms with Gasteiger partial charge in [0, 0.05) is 45.2 Å². The number of ether oxygens (including phenoxy) is 3. The number of halogens is 6. The number of nitriles is 2. The van der Waals surface area contributed by atoms with Crippen LogP contribution >= 0.6 is 0 Å². The topological polar surface area (TPSA) is 83.4 Å². The summed E-state index contributed by atoms with van der Waals surface area (Å²) in [6.07, 6.45) is -9.64. The first kappa shape index (κ1) is 38.6. The molecular weight excluding hydrogens is 795 g/mol. The minimum atomic E-state index is -4.82. The van der Waals surface area contributed by atoms with Gasteiger partial charge in [-0.15, -0.1) is 0 Å². The molecule has 8 aromatic rings. The Morgan fingerprint density at radius 3 is 1.51 bits per heavy atom. The number of methoxy groups -OCH3 is 2. The predicted octanol–water partition coefficient (Wildman–Crippen LogP) is 13.5. The smallest absolute Gasteiger partial charge is 0.416 e. The van der Waals surface area contributed by atoms with Gasteiger partial charge in [-0.25, -0.2) is 0 Å². The van der Waals surface area contributed by atoms with E-state index in [2.05, 4.69) is 12.1 Å². The highest BCUT2D eigenvalue weighted by Crippen LogP contribution is 2.57. The molecule has 7 nitrogen and oxygen atoms in total. The Morgan fingerprint density at radius 1 is 0.525 bits per heavy atom. The van der Waals surface area contributed by atoms with Gasteiger partial charge in [0.1, 0.15) is 11.5 Å². The van der Waals surface area contributed by atoms with Crippen LogP contribution in [-0.2, 0) is 12.4 Å². The summed E-state index contributed by atoms with van der Waals surface area (Å²) in [5.74, 6) is 1.80. The van der Waals surface area contributed by atoms with Crippen LogP contribution in [0.25, 0.3) is 49.7 Å². The quantitative estimate of drug-likeness (QED) is 0.155. The maximum absolute atomic E-state index is 14.4. The number of hydrogen-bond acceptors (Lipinski definition) is 6. The summed E-state index contributed by atoms with van der Waals surface area (Å²) < 4.78 is 106. The number of anilines is 3. The lowest BCUT2D eigenvalue weighted by Gasteiger charge is -2.35. The molecule has 7 aromatic carbocycles. The Morgan fingerprint density at radius 2 is 1.02 bits per heavy atom. The molecule has 0 atom stereocenters. The first-order valence-corrected chi connectivity index (χ1v) is 18.6. The molecule has 61 heavy (non-hydrogen) atoms. The molecule has 0 radical (unpaired) electrons. The van der Waals surface area contributed by atoms with Crippen LogP contribution in [0.4, 0.5) is 43.4 Å². The highest BCUT2D eigenvalue weighted by molar-refractivity contribution is 6.12. The Balaban J connectivity index is 1.53. The van der Waals surface area contributed by atoms with Gasteiger partial charge in [0.25, 0.3) is 0 Å². The average Bonchev–Trinajstić information content (AvgIpc) is 3.59. The zero-order valence-electron chi connectivity index (χ0n) is 32.0. The number of fused-ring (bicyclic) bond motifs is 5. The van der Waals surface area contributed by atoms with Crippen molar-refractivity contribution in [3.05, 3.63) is 156 Å². The maximum atomic E-state index is 14.4. The molecular formula is C48H28F6N4O3. The van der Waals surface area contributed by atoms with Gasteiger partial charge >= 0.3 is 12.4 Å². The van der Waals surface area contributed by atoms with E-state index in [4.69, 9.17) is 14.2 Å². The van der Waals surface area contributed by atoms with E-state index in [0.717, 1.165) is 24.3 Å². The molecule has 0 aliphatic carbocycles. The van der Waals surface area contributed by atoms with E-state index < -0.39 is 23.5 Å². The van der Waals surface area contributed by atoms with Crippen molar-refractivity contribution < 1.29 is 40.6 Å². The van der Waals surface area contributed by atoms with Crippen LogP contribution in [0.15, 0.2) is 133 Å². The van der Waals surface area contributed by atoms with Gasteiger partial charge in [0.05, 0.1) is 82.4 Å². The lowest BCUT2D eigenvalue weighted by Crippen LogP contribution is -2.18. The fourth-order valence-electron chi connectivity index (χ4n) is 7.99. The molecule has 0 saturated carbocycles. The predicted molar refractivity (Wildman–Crippen MR) is 219 cm³/mol. The van der Waals surface area contributed by atoms with E-state index in [1.165, 1.54) is 26.4 Å². The zero-order valence-corrected chi connectivity index (χ0v) is 32.0. The molecule has 0 unspecified atom stereocenters. The molecule has 0 N–H and O–H groups in total. The van der Waals surface area contributed by atoms with Crippen molar-refractivity contribution in [3.8, 4) is 63.1 Å². The monoisotopic (exact) mass is 822 g/mol. The molecule has 1 aromatic heterocycles. The Labute approximate surface area is 344 Å². The second-order valence-corrected chi connectivity index (χ2v) is 14.1. The van der Waals surface area contributed by atoms with Gasteiger partial charge in [-0.1, -0.05) is 42.5 Å². The van der Waals surface area contributed by atoms with Crippen LogP contribution in [0.2, 0.25) is 0 Å². The Hall–Kier alpha value is -7.90. The normalized spacial score (nSPS) is 12.3. The Bertz CT molecular complexity index is 3050. The van der Waals surface area contributed by atoms with E-state index in [0.29, 0.717) is 62.3 Å². The summed E-state index contributed by atoms with van der Waals surface area (Å²) in [7, 11) is 3.02. The molecule has 0 saturated heterocycles. The summed E-state index contributed by atoms with van der Waals surface area (Å²) in [6, 6.07) is 37.9. The van der Waals surface area contributed by atoms with E-state index in [1.807, 2.05) is 4.90 Å². The molecule has 13 heteroatoms. The highest BCUT2D eigenvalue weighted by atomic mass is 19.4. The van der Waals surface area contributed by atoms with Crippen LogP contribution in [0, 0.1) is 22.7 Å². The van der Waals surface area contributed by atoms with Crippen molar-refractivity contribution in [3.63, 3.8) is 0 Å². The molecule has 1 aliphatic rings. The van der Waals surface area contributed by atoms with E-state index in [1.54, 1.807) is 102 Å². The third-order valence-electron chi connectivity index (χ3n) is 10.7. The fourth-order valence-corrected chi connectivity index (χ4v) is 7.99. The number of nitrogens with zero attached hydrogens (tertiary/aromatic N) is 4. The molecule has 9 rings (SSSR count). The molecule has 0 amide bonds. The second kappa shape index (κ2) is 14.4. The zero-order chi connectivity index (χ0) is 42.8. The summed E-state index contributed by atoms with van der Waals surface area (Å²) in [5.41, 5.74) is 1.85. The second-order valence-electron chi connectivity index (χ2n) is 14.1. The van der Waals surface area contributed by atoms with Gasteiger partial charge in [0.15, 0.2) is 11.5 Å². The average molecular weight is 823 g/mol. The molecule has 1 aliphatic heterocycles. The van der Waals surface area contributed by atoms with Crippen LogP contribution in [0.5, 0.6) is 23.0 Å². The molecule has 0 bridgehead atoms. The lowest BCUT2D eigenvalue weighted by molar-refractivity contribution is -0.138. The number of hydrogen-bond donors (Lipinski definition) is 0. The minimum Gasteiger partial charge on any atom is -0.497 e. The lowest BCUT2D eigenvalue weighted by atomic mass is 9.89. The van der Waals surface area contributed by atoms with Gasteiger partial charge in [0.2, 0.25) is 0 Å². The largest absolute Gasteiger partial charge is 0.497 e. The van der Waals surface area contributed by atoms with Crippen molar-refractivity contribution in [1.82, 2.24) is 4.57 Å². The Kier molecular flexibility index (Phi) is 9.13. The van der Waals surface area contributed by atoms with Crippen LogP contribution in [0.3, 0.4) is 0 Å². The van der Waals surface area contributed by atoms with Gasteiger partial charge in [-0.2, -0.15) is 36.9 Å². The van der Waals surface area contributed by atoms with Crippen molar-refractivity contribution in [2.24, 2.45) is 0 Å². The van der Waals surface area contributed by atoms with Crippen molar-refractivity contribution >= 4 is 38.9 Å². The minimum absolute atomic E-state index is 0.100. The summed E-state index contributed by atoms with van der Waals surface area (Å²) in [4.78, 5) is 1.88. The molecule has 2 heterocycles. The fraction of sp³-hybridized carbons (Fsp3) is 0.0833. The SMILES string of the molecule is COc1ccc2c(c1)N(c1ccc(-c3ccccc3C#N)c(-n3c4ccc(C(F)(F)F)cc4c4cc(C(F)(F)F)ccc43)c1-c1ccccc1C#N)c1cc(OC)ccc1O2. The summed E-state index contributed by atoms with van der Waals surface area (Å²) in [5, 5.41) is 20.9. The number of aromatic nitrogens is 1.